The number of hydrogen-bond acceptors (Lipinski definition) is 9. The van der Waals surface area contributed by atoms with E-state index >= 15 is 0 Å². The van der Waals surface area contributed by atoms with Crippen molar-refractivity contribution in [1.82, 2.24) is 0 Å². The molecule has 9 heteroatoms. The van der Waals surface area contributed by atoms with Crippen LogP contribution in [0.1, 0.15) is 38.3 Å². The molecule has 0 aromatic heterocycles. The maximum absolute atomic E-state index is 11.8. The summed E-state index contributed by atoms with van der Waals surface area (Å²) in [5.41, 5.74) is 1.41. The fourth-order valence-corrected chi connectivity index (χ4v) is 2.91. The lowest BCUT2D eigenvalue weighted by molar-refractivity contribution is -0.145. The van der Waals surface area contributed by atoms with Gasteiger partial charge in [-0.3, -0.25) is 0 Å². The number of benzene rings is 2. The summed E-state index contributed by atoms with van der Waals surface area (Å²) in [7, 11) is 3.09. The number of hydrogen-bond donors (Lipinski definition) is 0. The topological polar surface area (TPSA) is 128 Å². The number of methoxy groups -OCH3 is 2. The number of rotatable bonds is 12. The molecular weight excluding hydrogens is 500 g/mol. The van der Waals surface area contributed by atoms with Gasteiger partial charge in [0.25, 0.3) is 0 Å². The molecule has 1 unspecified atom stereocenters. The molecule has 9 nitrogen and oxygen atoms in total. The third-order valence-electron chi connectivity index (χ3n) is 4.76. The minimum atomic E-state index is -0.659. The molecule has 0 aliphatic rings. The zero-order valence-corrected chi connectivity index (χ0v) is 22.9. The van der Waals surface area contributed by atoms with Crippen molar-refractivity contribution in [3.8, 4) is 23.6 Å². The summed E-state index contributed by atoms with van der Waals surface area (Å²) in [6.45, 7) is 6.64. The van der Waals surface area contributed by atoms with Crippen molar-refractivity contribution in [1.29, 1.82) is 10.5 Å². The van der Waals surface area contributed by atoms with Crippen LogP contribution >= 0.6 is 0 Å². The number of esters is 2. The van der Waals surface area contributed by atoms with Crippen LogP contribution in [0.25, 0.3) is 12.2 Å². The number of nitrogens with zero attached hydrogens (tertiary/aromatic N) is 2. The fourth-order valence-electron chi connectivity index (χ4n) is 2.91. The Kier molecular flexibility index (Phi) is 15.5. The summed E-state index contributed by atoms with van der Waals surface area (Å²) in [6, 6.07) is 17.9. The van der Waals surface area contributed by atoms with Gasteiger partial charge in [-0.25, -0.2) is 9.59 Å². The Balaban J connectivity index is 0.000000391. The monoisotopic (exact) mass is 534 g/mol. The third kappa shape index (κ3) is 12.5. The zero-order chi connectivity index (χ0) is 29.0. The van der Waals surface area contributed by atoms with Crippen LogP contribution in [0.15, 0.2) is 59.7 Å². The molecule has 0 bridgehead atoms. The molecule has 1 atom stereocenters. The molecule has 2 aromatic rings. The highest BCUT2D eigenvalue weighted by Gasteiger charge is 2.14. The molecule has 0 fully saturated rings. The van der Waals surface area contributed by atoms with Crippen molar-refractivity contribution >= 4 is 24.1 Å². The minimum absolute atomic E-state index is 0.0101. The number of nitriles is 2. The van der Waals surface area contributed by atoms with Crippen LogP contribution in [0, 0.1) is 22.7 Å². The van der Waals surface area contributed by atoms with Gasteiger partial charge in [0, 0.05) is 7.11 Å². The molecule has 0 aliphatic carbocycles. The molecule has 2 rings (SSSR count). The van der Waals surface area contributed by atoms with Crippen LogP contribution in [-0.4, -0.2) is 52.1 Å². The van der Waals surface area contributed by atoms with Gasteiger partial charge in [-0.2, -0.15) is 10.5 Å². The maximum atomic E-state index is 11.8. The van der Waals surface area contributed by atoms with E-state index in [9.17, 15) is 9.59 Å². The van der Waals surface area contributed by atoms with Gasteiger partial charge in [-0.1, -0.05) is 31.2 Å². The Morgan fingerprint density at radius 1 is 0.846 bits per heavy atom. The van der Waals surface area contributed by atoms with Crippen molar-refractivity contribution in [2.24, 2.45) is 0 Å². The molecule has 0 N–H and O–H groups in total. The van der Waals surface area contributed by atoms with Gasteiger partial charge in [-0.05, 0) is 67.8 Å². The summed E-state index contributed by atoms with van der Waals surface area (Å²) < 4.78 is 25.2. The average Bonchev–Trinajstić information content (AvgIpc) is 2.94. The van der Waals surface area contributed by atoms with Crippen LogP contribution in [0.5, 0.6) is 11.5 Å². The van der Waals surface area contributed by atoms with Gasteiger partial charge in [-0.15, -0.1) is 0 Å². The Bertz CT molecular complexity index is 1190. The first-order valence-corrected chi connectivity index (χ1v) is 12.3. The summed E-state index contributed by atoms with van der Waals surface area (Å²) in [6.07, 6.45) is 3.52. The molecule has 39 heavy (non-hydrogen) atoms. The molecule has 0 heterocycles. The van der Waals surface area contributed by atoms with E-state index in [0.29, 0.717) is 12.4 Å². The highest BCUT2D eigenvalue weighted by Crippen LogP contribution is 2.16. The second-order valence-electron chi connectivity index (χ2n) is 7.92. The lowest BCUT2D eigenvalue weighted by Crippen LogP contribution is -2.20. The van der Waals surface area contributed by atoms with Gasteiger partial charge in [0.05, 0.1) is 26.9 Å². The van der Waals surface area contributed by atoms with E-state index in [1.54, 1.807) is 57.4 Å². The summed E-state index contributed by atoms with van der Waals surface area (Å²) in [5, 5.41) is 17.9. The lowest BCUT2D eigenvalue weighted by Gasteiger charge is -2.11. The van der Waals surface area contributed by atoms with Crippen LogP contribution in [0.2, 0.25) is 0 Å². The molecule has 2 aromatic carbocycles. The smallest absolute Gasteiger partial charge is 0.349 e. The van der Waals surface area contributed by atoms with E-state index in [1.165, 1.54) is 19.3 Å². The predicted molar refractivity (Wildman–Crippen MR) is 146 cm³/mol. The van der Waals surface area contributed by atoms with E-state index in [-0.39, 0.29) is 24.4 Å². The molecule has 0 aliphatic heterocycles. The predicted octanol–water partition coefficient (Wildman–Crippen LogP) is 5.13. The molecule has 0 radical (unpaired) electrons. The molecule has 0 saturated carbocycles. The third-order valence-corrected chi connectivity index (χ3v) is 4.76. The van der Waals surface area contributed by atoms with E-state index in [2.05, 4.69) is 0 Å². The standard InChI is InChI=1S/C15H17NO4.C15H17NO3/c1-11(10-18-2)20-15(17)13(9-16)8-12-4-6-14(19-3)7-5-12;1-3-9-19-14-7-5-12(6-8-14)10-13(11-16)15(17)18-4-2/h4-8,11H,10H2,1-3H3;5-8,10H,3-4,9H2,1-2H3/b13-8+;13-10+. The quantitative estimate of drug-likeness (QED) is 0.207. The highest BCUT2D eigenvalue weighted by atomic mass is 16.6. The second-order valence-corrected chi connectivity index (χ2v) is 7.92. The number of carbonyl (C=O) groups is 2. The Morgan fingerprint density at radius 2 is 1.36 bits per heavy atom. The van der Waals surface area contributed by atoms with Crippen molar-refractivity contribution in [2.45, 2.75) is 33.3 Å². The van der Waals surface area contributed by atoms with Gasteiger partial charge in [0.2, 0.25) is 0 Å². The van der Waals surface area contributed by atoms with Crippen molar-refractivity contribution in [2.75, 3.05) is 34.0 Å². The summed E-state index contributed by atoms with van der Waals surface area (Å²) in [4.78, 5) is 23.2. The van der Waals surface area contributed by atoms with E-state index < -0.39 is 18.0 Å². The minimum Gasteiger partial charge on any atom is -0.497 e. The molecule has 0 spiro atoms. The van der Waals surface area contributed by atoms with Gasteiger partial charge in [0.15, 0.2) is 0 Å². The first-order chi connectivity index (χ1) is 18.8. The van der Waals surface area contributed by atoms with E-state index in [1.807, 2.05) is 31.2 Å². The SMILES string of the molecule is CCCOc1ccc(/C=C(\C#N)C(=O)OCC)cc1.COCC(C)OC(=O)/C(C#N)=C/c1ccc(OC)cc1. The lowest BCUT2D eigenvalue weighted by atomic mass is 10.1. The van der Waals surface area contributed by atoms with Crippen LogP contribution < -0.4 is 9.47 Å². The van der Waals surface area contributed by atoms with Crippen LogP contribution in [0.4, 0.5) is 0 Å². The van der Waals surface area contributed by atoms with Crippen LogP contribution in [0.3, 0.4) is 0 Å². The molecule has 0 amide bonds. The zero-order valence-electron chi connectivity index (χ0n) is 22.9. The second kappa shape index (κ2) is 18.6. The first-order valence-electron chi connectivity index (χ1n) is 12.3. The highest BCUT2D eigenvalue weighted by molar-refractivity contribution is 5.98. The Labute approximate surface area is 229 Å². The van der Waals surface area contributed by atoms with Gasteiger partial charge in [0.1, 0.15) is 40.9 Å². The number of ether oxygens (including phenoxy) is 5. The van der Waals surface area contributed by atoms with Crippen molar-refractivity contribution in [3.05, 3.63) is 70.8 Å². The van der Waals surface area contributed by atoms with Crippen LogP contribution in [-0.2, 0) is 23.8 Å². The van der Waals surface area contributed by atoms with Gasteiger partial charge >= 0.3 is 11.9 Å². The van der Waals surface area contributed by atoms with Crippen molar-refractivity contribution < 1.29 is 33.3 Å². The molecular formula is C30H34N2O7. The normalized spacial score (nSPS) is 11.6. The maximum Gasteiger partial charge on any atom is 0.349 e. The fraction of sp³-hybridized carbons (Fsp3) is 0.333. The first kappa shape index (κ1) is 32.4. The Morgan fingerprint density at radius 3 is 1.79 bits per heavy atom. The number of carbonyl (C=O) groups excluding carboxylic acids is 2. The van der Waals surface area contributed by atoms with E-state index in [4.69, 9.17) is 34.2 Å². The summed E-state index contributed by atoms with van der Waals surface area (Å²) in [5.74, 6) is 0.217. The molecule has 206 valence electrons. The van der Waals surface area contributed by atoms with Crippen molar-refractivity contribution in [3.63, 3.8) is 0 Å². The summed E-state index contributed by atoms with van der Waals surface area (Å²) >= 11 is 0. The molecule has 0 saturated heterocycles. The Hall–Kier alpha value is -4.60. The van der Waals surface area contributed by atoms with E-state index in [0.717, 1.165) is 23.3 Å². The average molecular weight is 535 g/mol. The largest absolute Gasteiger partial charge is 0.497 e. The van der Waals surface area contributed by atoms with Gasteiger partial charge < -0.3 is 23.7 Å².